The van der Waals surface area contributed by atoms with E-state index in [0.717, 1.165) is 5.56 Å². The number of aryl methyl sites for hydroxylation is 1. The fourth-order valence-electron chi connectivity index (χ4n) is 3.85. The molecule has 1 heterocycles. The molecule has 1 aliphatic rings. The van der Waals surface area contributed by atoms with Crippen molar-refractivity contribution in [3.63, 3.8) is 0 Å². The smallest absolute Gasteiger partial charge is 0.337 e. The first-order chi connectivity index (χ1) is 15.8. The van der Waals surface area contributed by atoms with Crippen molar-refractivity contribution < 1.29 is 23.1 Å². The van der Waals surface area contributed by atoms with E-state index >= 15 is 0 Å². The highest BCUT2D eigenvalue weighted by Crippen LogP contribution is 2.27. The van der Waals surface area contributed by atoms with Gasteiger partial charge in [-0.15, -0.1) is 0 Å². The summed E-state index contributed by atoms with van der Waals surface area (Å²) in [5.41, 5.74) is 1.23. The lowest BCUT2D eigenvalue weighted by Gasteiger charge is -2.36. The van der Waals surface area contributed by atoms with Gasteiger partial charge >= 0.3 is 5.97 Å². The molecule has 34 heavy (non-hydrogen) atoms. The number of aromatic carboxylic acids is 1. The summed E-state index contributed by atoms with van der Waals surface area (Å²) < 4.78 is 27.9. The highest BCUT2D eigenvalue weighted by atomic mass is 32.2. The van der Waals surface area contributed by atoms with Gasteiger partial charge in [0.1, 0.15) is 0 Å². The summed E-state index contributed by atoms with van der Waals surface area (Å²) in [5.74, 6) is -1.18. The second-order valence-corrected chi connectivity index (χ2v) is 11.2. The Morgan fingerprint density at radius 3 is 2.29 bits per heavy atom. The zero-order valence-corrected chi connectivity index (χ0v) is 20.8. The van der Waals surface area contributed by atoms with Crippen LogP contribution in [0.5, 0.6) is 0 Å². The van der Waals surface area contributed by atoms with E-state index in [-0.39, 0.29) is 34.1 Å². The Hall–Kier alpha value is -3.11. The molecule has 0 radical (unpaired) electrons. The van der Waals surface area contributed by atoms with Crippen LogP contribution in [0.3, 0.4) is 0 Å². The van der Waals surface area contributed by atoms with Crippen LogP contribution in [-0.4, -0.2) is 68.6 Å². The second kappa shape index (κ2) is 10.0. The molecular formula is C24H32N4O5S. The SMILES string of the molecule is Cc1cccc(S(=O)(=O)Nc2ccc(N3CCN(CC(=O)NC(C)(C)C)CC3)c(C(=O)O)c2)c1. The van der Waals surface area contributed by atoms with Crippen molar-refractivity contribution in [3.8, 4) is 0 Å². The zero-order valence-electron chi connectivity index (χ0n) is 20.0. The molecule has 1 saturated heterocycles. The van der Waals surface area contributed by atoms with Gasteiger partial charge in [0.2, 0.25) is 5.91 Å². The van der Waals surface area contributed by atoms with Gasteiger partial charge in [0.25, 0.3) is 10.0 Å². The van der Waals surface area contributed by atoms with Crippen LogP contribution in [0.2, 0.25) is 0 Å². The van der Waals surface area contributed by atoms with E-state index in [1.807, 2.05) is 30.6 Å². The van der Waals surface area contributed by atoms with Gasteiger partial charge in [-0.1, -0.05) is 12.1 Å². The fourth-order valence-corrected chi connectivity index (χ4v) is 5.00. The Morgan fingerprint density at radius 2 is 1.71 bits per heavy atom. The number of carbonyl (C=O) groups is 2. The van der Waals surface area contributed by atoms with Crippen LogP contribution in [0.1, 0.15) is 36.7 Å². The predicted octanol–water partition coefficient (Wildman–Crippen LogP) is 2.53. The number of carbonyl (C=O) groups excluding carboxylic acids is 1. The Morgan fingerprint density at radius 1 is 1.03 bits per heavy atom. The third-order valence-electron chi connectivity index (χ3n) is 5.37. The van der Waals surface area contributed by atoms with Crippen LogP contribution in [0.25, 0.3) is 0 Å². The molecule has 0 aliphatic carbocycles. The number of carboxylic acids is 1. The maximum atomic E-state index is 12.7. The molecule has 0 saturated carbocycles. The molecule has 1 amide bonds. The van der Waals surface area contributed by atoms with Crippen LogP contribution in [0.15, 0.2) is 47.4 Å². The summed E-state index contributed by atoms with van der Waals surface area (Å²) in [6.45, 7) is 10.2. The van der Waals surface area contributed by atoms with E-state index in [4.69, 9.17) is 0 Å². The summed E-state index contributed by atoms with van der Waals surface area (Å²) >= 11 is 0. The van der Waals surface area contributed by atoms with Crippen molar-refractivity contribution in [3.05, 3.63) is 53.6 Å². The van der Waals surface area contributed by atoms with E-state index in [2.05, 4.69) is 10.0 Å². The number of hydrogen-bond donors (Lipinski definition) is 3. The average Bonchev–Trinajstić information content (AvgIpc) is 2.72. The zero-order chi connectivity index (χ0) is 25.1. The minimum Gasteiger partial charge on any atom is -0.478 e. The van der Waals surface area contributed by atoms with Gasteiger partial charge in [0, 0.05) is 37.4 Å². The molecular weight excluding hydrogens is 456 g/mol. The van der Waals surface area contributed by atoms with Crippen LogP contribution < -0.4 is 14.9 Å². The Bertz CT molecular complexity index is 1170. The summed E-state index contributed by atoms with van der Waals surface area (Å²) in [7, 11) is -3.85. The van der Waals surface area contributed by atoms with Crippen molar-refractivity contribution in [2.45, 2.75) is 38.1 Å². The normalized spacial score (nSPS) is 15.1. The quantitative estimate of drug-likeness (QED) is 0.548. The third-order valence-corrected chi connectivity index (χ3v) is 6.75. The summed E-state index contributed by atoms with van der Waals surface area (Å²) in [6.07, 6.45) is 0. The topological polar surface area (TPSA) is 119 Å². The first kappa shape index (κ1) is 25.5. The Labute approximate surface area is 200 Å². The molecule has 0 unspecified atom stereocenters. The van der Waals surface area contributed by atoms with Gasteiger partial charge in [-0.3, -0.25) is 14.4 Å². The number of nitrogens with zero attached hydrogens (tertiary/aromatic N) is 2. The maximum Gasteiger partial charge on any atom is 0.337 e. The molecule has 1 fully saturated rings. The number of anilines is 2. The first-order valence-electron chi connectivity index (χ1n) is 11.1. The van der Waals surface area contributed by atoms with E-state index in [1.54, 1.807) is 37.3 Å². The van der Waals surface area contributed by atoms with Crippen molar-refractivity contribution in [2.24, 2.45) is 0 Å². The van der Waals surface area contributed by atoms with Crippen LogP contribution in [0.4, 0.5) is 11.4 Å². The van der Waals surface area contributed by atoms with Crippen molar-refractivity contribution >= 4 is 33.3 Å². The van der Waals surface area contributed by atoms with Gasteiger partial charge in [-0.05, 0) is 63.6 Å². The highest BCUT2D eigenvalue weighted by molar-refractivity contribution is 7.92. The summed E-state index contributed by atoms with van der Waals surface area (Å²) in [6, 6.07) is 11.0. The second-order valence-electron chi connectivity index (χ2n) is 9.52. The van der Waals surface area contributed by atoms with E-state index < -0.39 is 16.0 Å². The number of sulfonamides is 1. The lowest BCUT2D eigenvalue weighted by molar-refractivity contribution is -0.123. The predicted molar refractivity (Wildman–Crippen MR) is 132 cm³/mol. The van der Waals surface area contributed by atoms with Crippen LogP contribution in [-0.2, 0) is 14.8 Å². The largest absolute Gasteiger partial charge is 0.478 e. The van der Waals surface area contributed by atoms with Crippen molar-refractivity contribution in [2.75, 3.05) is 42.3 Å². The summed E-state index contributed by atoms with van der Waals surface area (Å²) in [5, 5.41) is 12.7. The highest BCUT2D eigenvalue weighted by Gasteiger charge is 2.25. The fraction of sp³-hybridized carbons (Fsp3) is 0.417. The third kappa shape index (κ3) is 6.71. The maximum absolute atomic E-state index is 12.7. The number of amides is 1. The summed E-state index contributed by atoms with van der Waals surface area (Å²) in [4.78, 5) is 28.3. The molecule has 0 atom stereocenters. The minimum atomic E-state index is -3.85. The van der Waals surface area contributed by atoms with Gasteiger partial charge in [0.15, 0.2) is 0 Å². The number of benzene rings is 2. The number of piperazine rings is 1. The van der Waals surface area contributed by atoms with E-state index in [9.17, 15) is 23.1 Å². The lowest BCUT2D eigenvalue weighted by Crippen LogP contribution is -2.52. The molecule has 0 bridgehead atoms. The number of rotatable bonds is 7. The molecule has 2 aromatic carbocycles. The molecule has 1 aliphatic heterocycles. The lowest BCUT2D eigenvalue weighted by atomic mass is 10.1. The Balaban J connectivity index is 1.71. The molecule has 3 rings (SSSR count). The van der Waals surface area contributed by atoms with Crippen molar-refractivity contribution in [1.82, 2.24) is 10.2 Å². The molecule has 0 aromatic heterocycles. The standard InChI is InChI=1S/C24H32N4O5S/c1-17-6-5-7-19(14-17)34(32,33)26-18-8-9-21(20(15-18)23(30)31)28-12-10-27(11-13-28)16-22(29)25-24(2,3)4/h5-9,14-15,26H,10-13,16H2,1-4H3,(H,25,29)(H,30,31). The van der Waals surface area contributed by atoms with Gasteiger partial charge in [-0.2, -0.15) is 0 Å². The monoisotopic (exact) mass is 488 g/mol. The molecule has 10 heteroatoms. The van der Waals surface area contributed by atoms with Crippen molar-refractivity contribution in [1.29, 1.82) is 0 Å². The number of carboxylic acid groups (broad SMARTS) is 1. The first-order valence-corrected chi connectivity index (χ1v) is 12.6. The van der Waals surface area contributed by atoms with Crippen LogP contribution in [0, 0.1) is 6.92 Å². The number of nitrogens with one attached hydrogen (secondary N) is 2. The number of hydrogen-bond acceptors (Lipinski definition) is 6. The molecule has 0 spiro atoms. The molecule has 3 N–H and O–H groups in total. The van der Waals surface area contributed by atoms with E-state index in [1.165, 1.54) is 12.1 Å². The van der Waals surface area contributed by atoms with Gasteiger partial charge in [0.05, 0.1) is 22.7 Å². The molecule has 2 aromatic rings. The Kier molecular flexibility index (Phi) is 7.52. The van der Waals surface area contributed by atoms with Crippen LogP contribution >= 0.6 is 0 Å². The van der Waals surface area contributed by atoms with Gasteiger partial charge < -0.3 is 15.3 Å². The minimum absolute atomic E-state index is 0.0170. The van der Waals surface area contributed by atoms with E-state index in [0.29, 0.717) is 31.9 Å². The molecule has 9 nitrogen and oxygen atoms in total. The van der Waals surface area contributed by atoms with Gasteiger partial charge in [-0.25, -0.2) is 13.2 Å². The molecule has 184 valence electrons. The average molecular weight is 489 g/mol.